The molecule has 200 valence electrons. The summed E-state index contributed by atoms with van der Waals surface area (Å²) >= 11 is 1.22. The summed E-state index contributed by atoms with van der Waals surface area (Å²) in [5.74, 6) is 0.0160. The lowest BCUT2D eigenvalue weighted by Crippen LogP contribution is -2.49. The molecular weight excluding hydrogens is 502 g/mol. The van der Waals surface area contributed by atoms with Crippen molar-refractivity contribution in [3.05, 3.63) is 65.0 Å². The van der Waals surface area contributed by atoms with Crippen molar-refractivity contribution in [2.75, 3.05) is 50.0 Å². The fraction of sp³-hybridized carbons (Fsp3) is 0.429. The minimum Gasteiger partial charge on any atom is -0.376 e. The third kappa shape index (κ3) is 6.36. The van der Waals surface area contributed by atoms with Crippen molar-refractivity contribution in [2.45, 2.75) is 37.1 Å². The second-order valence-electron chi connectivity index (χ2n) is 9.55. The first-order valence-electron chi connectivity index (χ1n) is 13.2. The number of carbonyl (C=O) groups is 2. The molecule has 2 aliphatic heterocycles. The molecule has 3 heterocycles. The van der Waals surface area contributed by atoms with Crippen molar-refractivity contribution < 1.29 is 14.3 Å². The van der Waals surface area contributed by atoms with E-state index in [1.165, 1.54) is 11.8 Å². The number of para-hydroxylation sites is 2. The zero-order chi connectivity index (χ0) is 26.3. The number of thioether (sulfide) groups is 1. The summed E-state index contributed by atoms with van der Waals surface area (Å²) in [5, 5.41) is 3.86. The second-order valence-corrected chi connectivity index (χ2v) is 10.5. The van der Waals surface area contributed by atoms with E-state index in [1.54, 1.807) is 22.8 Å². The van der Waals surface area contributed by atoms with Crippen molar-refractivity contribution in [1.82, 2.24) is 19.8 Å². The Morgan fingerprint density at radius 2 is 1.79 bits per heavy atom. The average molecular weight is 536 g/mol. The molecule has 2 aromatic carbocycles. The first-order valence-corrected chi connectivity index (χ1v) is 14.2. The Morgan fingerprint density at radius 1 is 1.03 bits per heavy atom. The number of aromatic nitrogens is 2. The third-order valence-corrected chi connectivity index (χ3v) is 7.99. The van der Waals surface area contributed by atoms with Crippen LogP contribution in [0.1, 0.15) is 19.3 Å². The van der Waals surface area contributed by atoms with E-state index in [4.69, 9.17) is 4.74 Å². The number of rotatable bonds is 9. The maximum Gasteiger partial charge on any atom is 0.262 e. The maximum absolute atomic E-state index is 13.3. The Kier molecular flexibility index (Phi) is 8.60. The van der Waals surface area contributed by atoms with Gasteiger partial charge in [0, 0.05) is 58.0 Å². The number of anilines is 1. The van der Waals surface area contributed by atoms with Gasteiger partial charge in [0.15, 0.2) is 5.16 Å². The number of carbonyl (C=O) groups excluding carboxylic acids is 2. The molecule has 2 fully saturated rings. The number of nitrogens with zero attached hydrogens (tertiary/aromatic N) is 4. The lowest BCUT2D eigenvalue weighted by atomic mass is 10.2. The van der Waals surface area contributed by atoms with Gasteiger partial charge in [0.2, 0.25) is 11.8 Å². The van der Waals surface area contributed by atoms with Gasteiger partial charge in [-0.05, 0) is 37.1 Å². The van der Waals surface area contributed by atoms with E-state index in [-0.39, 0.29) is 42.2 Å². The van der Waals surface area contributed by atoms with Crippen molar-refractivity contribution in [2.24, 2.45) is 0 Å². The van der Waals surface area contributed by atoms with E-state index in [0.29, 0.717) is 35.7 Å². The van der Waals surface area contributed by atoms with Gasteiger partial charge in [-0.3, -0.25) is 19.0 Å². The minimum absolute atomic E-state index is 0.0167. The number of nitrogens with one attached hydrogen (secondary N) is 1. The largest absolute Gasteiger partial charge is 0.376 e. The summed E-state index contributed by atoms with van der Waals surface area (Å²) in [6.45, 7) is 4.28. The van der Waals surface area contributed by atoms with Crippen LogP contribution in [0.15, 0.2) is 64.5 Å². The number of fused-ring (bicyclic) bond motifs is 1. The summed E-state index contributed by atoms with van der Waals surface area (Å²) in [6.07, 6.45) is 2.24. The standard InChI is InChI=1S/C28H33N5O4S/c34-25(29-19-22-9-6-18-37-22)20-38-28-30-24-11-5-4-10-23(24)27(36)33(28)13-12-26(35)32-16-14-31(15-17-32)21-7-2-1-3-8-21/h1-5,7-8,10-11,22H,6,9,12-20H2,(H,29,34)/t22-/m0/s1. The number of ether oxygens (including phenoxy) is 1. The monoisotopic (exact) mass is 535 g/mol. The number of amides is 2. The minimum atomic E-state index is -0.195. The van der Waals surface area contributed by atoms with Crippen molar-refractivity contribution in [3.63, 3.8) is 0 Å². The summed E-state index contributed by atoms with van der Waals surface area (Å²) in [7, 11) is 0. The van der Waals surface area contributed by atoms with Crippen LogP contribution in [-0.2, 0) is 20.9 Å². The number of hydrogen-bond acceptors (Lipinski definition) is 7. The topological polar surface area (TPSA) is 96.8 Å². The molecule has 0 saturated carbocycles. The molecule has 3 aromatic rings. The maximum atomic E-state index is 13.3. The molecule has 0 spiro atoms. The molecule has 0 aliphatic carbocycles. The van der Waals surface area contributed by atoms with Gasteiger partial charge in [0.05, 0.1) is 22.8 Å². The highest BCUT2D eigenvalue weighted by molar-refractivity contribution is 7.99. The number of piperazine rings is 1. The normalized spacial score (nSPS) is 17.6. The van der Waals surface area contributed by atoms with Crippen LogP contribution in [0.3, 0.4) is 0 Å². The van der Waals surface area contributed by atoms with E-state index in [2.05, 4.69) is 27.3 Å². The zero-order valence-electron chi connectivity index (χ0n) is 21.4. The molecule has 10 heteroatoms. The molecule has 1 N–H and O–H groups in total. The molecule has 2 amide bonds. The van der Waals surface area contributed by atoms with Crippen molar-refractivity contribution in [1.29, 1.82) is 0 Å². The average Bonchev–Trinajstić information content (AvgIpc) is 3.49. The molecule has 2 aliphatic rings. The fourth-order valence-electron chi connectivity index (χ4n) is 4.89. The van der Waals surface area contributed by atoms with Gasteiger partial charge in [-0.2, -0.15) is 0 Å². The smallest absolute Gasteiger partial charge is 0.262 e. The van der Waals surface area contributed by atoms with Crippen LogP contribution in [0, 0.1) is 0 Å². The van der Waals surface area contributed by atoms with Crippen LogP contribution in [-0.4, -0.2) is 77.5 Å². The van der Waals surface area contributed by atoms with Crippen LogP contribution < -0.4 is 15.8 Å². The highest BCUT2D eigenvalue weighted by Gasteiger charge is 2.22. The van der Waals surface area contributed by atoms with Crippen LogP contribution in [0.25, 0.3) is 10.9 Å². The first kappa shape index (κ1) is 26.2. The Balaban J connectivity index is 1.22. The van der Waals surface area contributed by atoms with Crippen LogP contribution >= 0.6 is 11.8 Å². The summed E-state index contributed by atoms with van der Waals surface area (Å²) < 4.78 is 7.10. The Morgan fingerprint density at radius 3 is 2.55 bits per heavy atom. The Hall–Kier alpha value is -3.37. The van der Waals surface area contributed by atoms with Crippen molar-refractivity contribution >= 4 is 40.2 Å². The van der Waals surface area contributed by atoms with E-state index < -0.39 is 0 Å². The predicted molar refractivity (Wildman–Crippen MR) is 149 cm³/mol. The van der Waals surface area contributed by atoms with Crippen molar-refractivity contribution in [3.8, 4) is 0 Å². The lowest BCUT2D eigenvalue weighted by molar-refractivity contribution is -0.131. The van der Waals surface area contributed by atoms with Crippen LogP contribution in [0.4, 0.5) is 5.69 Å². The molecule has 38 heavy (non-hydrogen) atoms. The zero-order valence-corrected chi connectivity index (χ0v) is 22.2. The van der Waals surface area contributed by atoms with Gasteiger partial charge in [0.25, 0.3) is 5.56 Å². The van der Waals surface area contributed by atoms with E-state index >= 15 is 0 Å². The fourth-order valence-corrected chi connectivity index (χ4v) is 5.74. The van der Waals surface area contributed by atoms with E-state index in [0.717, 1.165) is 38.2 Å². The summed E-state index contributed by atoms with van der Waals surface area (Å²) in [5.41, 5.74) is 1.55. The van der Waals surface area contributed by atoms with E-state index in [9.17, 15) is 14.4 Å². The second kappa shape index (κ2) is 12.4. The number of hydrogen-bond donors (Lipinski definition) is 1. The lowest BCUT2D eigenvalue weighted by Gasteiger charge is -2.36. The first-order chi connectivity index (χ1) is 18.6. The van der Waals surface area contributed by atoms with Crippen LogP contribution in [0.2, 0.25) is 0 Å². The third-order valence-electron chi connectivity index (χ3n) is 7.01. The molecule has 0 radical (unpaired) electrons. The van der Waals surface area contributed by atoms with Gasteiger partial charge in [0.1, 0.15) is 0 Å². The van der Waals surface area contributed by atoms with Gasteiger partial charge in [-0.1, -0.05) is 42.1 Å². The molecule has 0 unspecified atom stereocenters. The quantitative estimate of drug-likeness (QED) is 0.332. The Bertz CT molecular complexity index is 1320. The van der Waals surface area contributed by atoms with Crippen LogP contribution in [0.5, 0.6) is 0 Å². The van der Waals surface area contributed by atoms with Gasteiger partial charge in [-0.25, -0.2) is 4.98 Å². The molecular formula is C28H33N5O4S. The molecule has 2 saturated heterocycles. The Labute approximate surface area is 226 Å². The molecule has 1 atom stereocenters. The van der Waals surface area contributed by atoms with E-state index in [1.807, 2.05) is 29.2 Å². The molecule has 0 bridgehead atoms. The SMILES string of the molecule is O=C(CSc1nc2ccccc2c(=O)n1CCC(=O)N1CCN(c2ccccc2)CC1)NC[C@@H]1CCCO1. The highest BCUT2D eigenvalue weighted by Crippen LogP contribution is 2.20. The molecule has 1 aromatic heterocycles. The molecule has 5 rings (SSSR count). The predicted octanol–water partition coefficient (Wildman–Crippen LogP) is 2.52. The van der Waals surface area contributed by atoms with Gasteiger partial charge >= 0.3 is 0 Å². The highest BCUT2D eigenvalue weighted by atomic mass is 32.2. The number of benzene rings is 2. The van der Waals surface area contributed by atoms with Gasteiger partial charge in [-0.15, -0.1) is 0 Å². The van der Waals surface area contributed by atoms with Gasteiger partial charge < -0.3 is 19.9 Å². The summed E-state index contributed by atoms with van der Waals surface area (Å²) in [6, 6.07) is 17.4. The molecule has 9 nitrogen and oxygen atoms in total. The summed E-state index contributed by atoms with van der Waals surface area (Å²) in [4.78, 5) is 47.7.